The second-order valence-corrected chi connectivity index (χ2v) is 5.81. The first-order valence-electron chi connectivity index (χ1n) is 5.58. The molecule has 0 spiro atoms. The molecule has 3 nitrogen and oxygen atoms in total. The van der Waals surface area contributed by atoms with E-state index in [1.807, 2.05) is 0 Å². The quantitative estimate of drug-likeness (QED) is 0.927. The van der Waals surface area contributed by atoms with E-state index in [4.69, 9.17) is 5.11 Å². The highest BCUT2D eigenvalue weighted by atomic mass is 79.9. The first-order valence-corrected chi connectivity index (χ1v) is 6.37. The molecule has 0 aromatic heterocycles. The van der Waals surface area contributed by atoms with Crippen molar-refractivity contribution in [3.8, 4) is 0 Å². The molecule has 1 N–H and O–H groups in total. The van der Waals surface area contributed by atoms with Crippen molar-refractivity contribution in [3.05, 3.63) is 34.1 Å². The normalized spacial score (nSPS) is 11.4. The Morgan fingerprint density at radius 3 is 2.61 bits per heavy atom. The number of aliphatic hydroxyl groups is 1. The molecule has 0 unspecified atom stereocenters. The molecule has 0 aliphatic heterocycles. The Kier molecular flexibility index (Phi) is 4.87. The molecule has 0 heterocycles. The molecule has 1 amide bonds. The zero-order valence-electron chi connectivity index (χ0n) is 10.7. The van der Waals surface area contributed by atoms with Crippen molar-refractivity contribution in [3.63, 3.8) is 0 Å². The van der Waals surface area contributed by atoms with Gasteiger partial charge < -0.3 is 10.0 Å². The Balaban J connectivity index is 2.78. The van der Waals surface area contributed by atoms with Crippen molar-refractivity contribution in [2.75, 3.05) is 13.7 Å². The smallest absolute Gasteiger partial charge is 0.230 e. The average molecular weight is 318 g/mol. The van der Waals surface area contributed by atoms with Gasteiger partial charge in [-0.2, -0.15) is 0 Å². The summed E-state index contributed by atoms with van der Waals surface area (Å²) in [6, 6.07) is 4.75. The lowest BCUT2D eigenvalue weighted by Gasteiger charge is -2.27. The predicted molar refractivity (Wildman–Crippen MR) is 71.4 cm³/mol. The van der Waals surface area contributed by atoms with Crippen LogP contribution < -0.4 is 0 Å². The Labute approximate surface area is 115 Å². The van der Waals surface area contributed by atoms with Crippen molar-refractivity contribution < 1.29 is 14.3 Å². The summed E-state index contributed by atoms with van der Waals surface area (Å²) in [5, 5.41) is 9.15. The molecule has 0 saturated heterocycles. The van der Waals surface area contributed by atoms with E-state index in [0.29, 0.717) is 16.6 Å². The number of aliphatic hydroxyl groups excluding tert-OH is 1. The maximum absolute atomic E-state index is 13.3. The van der Waals surface area contributed by atoms with Gasteiger partial charge in [0, 0.05) is 13.6 Å². The molecule has 5 heteroatoms. The van der Waals surface area contributed by atoms with E-state index in [1.54, 1.807) is 33.0 Å². The molecule has 1 aromatic carbocycles. The molecular weight excluding hydrogens is 301 g/mol. The van der Waals surface area contributed by atoms with E-state index in [2.05, 4.69) is 15.9 Å². The van der Waals surface area contributed by atoms with Gasteiger partial charge in [0.15, 0.2) is 0 Å². The molecule has 0 atom stereocenters. The molecule has 1 rings (SSSR count). The minimum Gasteiger partial charge on any atom is -0.395 e. The molecule has 0 fully saturated rings. The first kappa shape index (κ1) is 15.1. The molecule has 0 aliphatic carbocycles. The fourth-order valence-corrected chi connectivity index (χ4v) is 1.81. The van der Waals surface area contributed by atoms with Crippen molar-refractivity contribution >= 4 is 21.8 Å². The topological polar surface area (TPSA) is 40.5 Å². The average Bonchev–Trinajstić information content (AvgIpc) is 2.32. The summed E-state index contributed by atoms with van der Waals surface area (Å²) in [6.07, 6.45) is 0. The van der Waals surface area contributed by atoms with Crippen LogP contribution in [0.15, 0.2) is 22.7 Å². The highest BCUT2D eigenvalue weighted by Gasteiger charge is 2.29. The number of halogens is 2. The molecule has 0 saturated carbocycles. The van der Waals surface area contributed by atoms with Crippen molar-refractivity contribution in [2.45, 2.75) is 20.4 Å². The fraction of sp³-hybridized carbons (Fsp3) is 0.462. The summed E-state index contributed by atoms with van der Waals surface area (Å²) >= 11 is 3.08. The lowest BCUT2D eigenvalue weighted by atomic mass is 9.93. The molecule has 1 aromatic rings. The Hall–Kier alpha value is -0.940. The number of amides is 1. The lowest BCUT2D eigenvalue weighted by Crippen LogP contribution is -2.40. The van der Waals surface area contributed by atoms with Crippen LogP contribution in [0.4, 0.5) is 4.39 Å². The summed E-state index contributed by atoms with van der Waals surface area (Å²) in [5.74, 6) is -0.525. The second kappa shape index (κ2) is 5.80. The molecule has 18 heavy (non-hydrogen) atoms. The zero-order chi connectivity index (χ0) is 13.9. The third-order valence-corrected chi connectivity index (χ3v) is 3.37. The minimum atomic E-state index is -0.817. The number of carbonyl (C=O) groups is 1. The first-order chi connectivity index (χ1) is 8.27. The summed E-state index contributed by atoms with van der Waals surface area (Å²) in [6.45, 7) is 3.44. The molecule has 0 radical (unpaired) electrons. The second-order valence-electron chi connectivity index (χ2n) is 4.95. The van der Waals surface area contributed by atoms with Crippen LogP contribution in [-0.4, -0.2) is 29.6 Å². The molecule has 100 valence electrons. The fourth-order valence-electron chi connectivity index (χ4n) is 1.57. The van der Waals surface area contributed by atoms with E-state index in [1.165, 1.54) is 11.0 Å². The monoisotopic (exact) mass is 317 g/mol. The van der Waals surface area contributed by atoms with Crippen LogP contribution in [0.5, 0.6) is 0 Å². The number of hydrogen-bond donors (Lipinski definition) is 1. The number of carbonyl (C=O) groups excluding carboxylic acids is 1. The van der Waals surface area contributed by atoms with Crippen LogP contribution >= 0.6 is 15.9 Å². The van der Waals surface area contributed by atoms with Gasteiger partial charge in [0.05, 0.1) is 16.5 Å². The van der Waals surface area contributed by atoms with Gasteiger partial charge in [0.25, 0.3) is 0 Å². The Morgan fingerprint density at radius 1 is 1.50 bits per heavy atom. The van der Waals surface area contributed by atoms with Crippen molar-refractivity contribution in [1.82, 2.24) is 4.90 Å². The van der Waals surface area contributed by atoms with Crippen molar-refractivity contribution in [2.24, 2.45) is 5.41 Å². The summed E-state index contributed by atoms with van der Waals surface area (Å²) in [7, 11) is 1.64. The third kappa shape index (κ3) is 3.53. The van der Waals surface area contributed by atoms with E-state index < -0.39 is 5.41 Å². The zero-order valence-corrected chi connectivity index (χ0v) is 12.3. The molecular formula is C13H17BrFNO2. The van der Waals surface area contributed by atoms with Gasteiger partial charge in [-0.3, -0.25) is 4.79 Å². The van der Waals surface area contributed by atoms with Gasteiger partial charge in [-0.05, 0) is 47.5 Å². The van der Waals surface area contributed by atoms with E-state index in [0.717, 1.165) is 0 Å². The van der Waals surface area contributed by atoms with Crippen molar-refractivity contribution in [1.29, 1.82) is 0 Å². The van der Waals surface area contributed by atoms with Crippen LogP contribution in [0, 0.1) is 11.2 Å². The molecule has 0 aliphatic rings. The largest absolute Gasteiger partial charge is 0.395 e. The number of nitrogens with zero attached hydrogens (tertiary/aromatic N) is 1. The van der Waals surface area contributed by atoms with E-state index in [9.17, 15) is 9.18 Å². The van der Waals surface area contributed by atoms with Gasteiger partial charge in [0.1, 0.15) is 5.82 Å². The standard InChI is InChI=1S/C13H17BrFNO2/c1-13(2,8-17)12(18)16(3)7-9-4-5-10(14)11(15)6-9/h4-6,17H,7-8H2,1-3H3. The highest BCUT2D eigenvalue weighted by molar-refractivity contribution is 9.10. The third-order valence-electron chi connectivity index (χ3n) is 2.72. The summed E-state index contributed by atoms with van der Waals surface area (Å²) in [5.41, 5.74) is -0.108. The summed E-state index contributed by atoms with van der Waals surface area (Å²) in [4.78, 5) is 13.5. The lowest BCUT2D eigenvalue weighted by molar-refractivity contribution is -0.141. The molecule has 0 bridgehead atoms. The number of benzene rings is 1. The Morgan fingerprint density at radius 2 is 2.11 bits per heavy atom. The maximum Gasteiger partial charge on any atom is 0.230 e. The van der Waals surface area contributed by atoms with Crippen LogP contribution in [0.2, 0.25) is 0 Å². The van der Waals surface area contributed by atoms with Gasteiger partial charge >= 0.3 is 0 Å². The minimum absolute atomic E-state index is 0.173. The van der Waals surface area contributed by atoms with Gasteiger partial charge in [0.2, 0.25) is 5.91 Å². The SMILES string of the molecule is CN(Cc1ccc(Br)c(F)c1)C(=O)C(C)(C)CO. The van der Waals surface area contributed by atoms with Crippen LogP contribution in [0.1, 0.15) is 19.4 Å². The van der Waals surface area contributed by atoms with E-state index in [-0.39, 0.29) is 18.3 Å². The Bertz CT molecular complexity index is 449. The predicted octanol–water partition coefficient (Wildman–Crippen LogP) is 2.57. The summed E-state index contributed by atoms with van der Waals surface area (Å²) < 4.78 is 13.7. The highest BCUT2D eigenvalue weighted by Crippen LogP contribution is 2.20. The van der Waals surface area contributed by atoms with Crippen LogP contribution in [-0.2, 0) is 11.3 Å². The van der Waals surface area contributed by atoms with Gasteiger partial charge in [-0.15, -0.1) is 0 Å². The van der Waals surface area contributed by atoms with Gasteiger partial charge in [-0.1, -0.05) is 6.07 Å². The van der Waals surface area contributed by atoms with Gasteiger partial charge in [-0.25, -0.2) is 4.39 Å². The maximum atomic E-state index is 13.3. The van der Waals surface area contributed by atoms with Crippen LogP contribution in [0.25, 0.3) is 0 Å². The number of rotatable bonds is 4. The van der Waals surface area contributed by atoms with E-state index >= 15 is 0 Å². The van der Waals surface area contributed by atoms with Crippen LogP contribution in [0.3, 0.4) is 0 Å². The number of hydrogen-bond acceptors (Lipinski definition) is 2.